The van der Waals surface area contributed by atoms with Gasteiger partial charge >= 0.3 is 0 Å². The van der Waals surface area contributed by atoms with Crippen LogP contribution >= 0.6 is 11.6 Å². The van der Waals surface area contributed by atoms with Gasteiger partial charge in [0.15, 0.2) is 0 Å². The van der Waals surface area contributed by atoms with Gasteiger partial charge in [0.05, 0.1) is 13.1 Å². The first kappa shape index (κ1) is 11.0. The van der Waals surface area contributed by atoms with Gasteiger partial charge in [0.2, 0.25) is 0 Å². The normalized spacial score (nSPS) is 17.9. The summed E-state index contributed by atoms with van der Waals surface area (Å²) in [5.74, 6) is 0.950. The average molecular weight is 225 g/mol. The van der Waals surface area contributed by atoms with E-state index in [9.17, 15) is 0 Å². The topological polar surface area (TPSA) is 16.6 Å². The molecule has 0 aromatic heterocycles. The standard InChI is InChI=1S/C13H18ClN/c14-13-5-3-11(4-6-13)1-2-12-7-9-15-10-8-12/h3-6,12,15H,1-2,7-10H2/p+1. The molecule has 0 unspecified atom stereocenters. The molecular weight excluding hydrogens is 206 g/mol. The minimum Gasteiger partial charge on any atom is -0.346 e. The van der Waals surface area contributed by atoms with Crippen LogP contribution in [0.15, 0.2) is 24.3 Å². The molecule has 1 heterocycles. The van der Waals surface area contributed by atoms with Crippen molar-refractivity contribution in [2.75, 3.05) is 13.1 Å². The summed E-state index contributed by atoms with van der Waals surface area (Å²) in [7, 11) is 0. The van der Waals surface area contributed by atoms with Crippen LogP contribution in [0.25, 0.3) is 0 Å². The maximum Gasteiger partial charge on any atom is 0.0758 e. The van der Waals surface area contributed by atoms with Crippen molar-refractivity contribution in [3.63, 3.8) is 0 Å². The summed E-state index contributed by atoms with van der Waals surface area (Å²) in [4.78, 5) is 0. The Kier molecular flexibility index (Phi) is 4.04. The molecule has 1 nitrogen and oxygen atoms in total. The minimum absolute atomic E-state index is 0.839. The van der Waals surface area contributed by atoms with Crippen molar-refractivity contribution in [1.29, 1.82) is 0 Å². The maximum atomic E-state index is 5.86. The van der Waals surface area contributed by atoms with Crippen LogP contribution in [-0.2, 0) is 6.42 Å². The summed E-state index contributed by atoms with van der Waals surface area (Å²) in [5.41, 5.74) is 1.42. The Morgan fingerprint density at radius 2 is 1.80 bits per heavy atom. The van der Waals surface area contributed by atoms with Crippen molar-refractivity contribution in [2.45, 2.75) is 25.7 Å². The van der Waals surface area contributed by atoms with Crippen molar-refractivity contribution in [3.05, 3.63) is 34.9 Å². The zero-order chi connectivity index (χ0) is 10.5. The molecule has 1 aliphatic heterocycles. The van der Waals surface area contributed by atoms with E-state index in [2.05, 4.69) is 17.4 Å². The molecule has 2 heteroatoms. The summed E-state index contributed by atoms with van der Waals surface area (Å²) in [6, 6.07) is 8.28. The fourth-order valence-electron chi connectivity index (χ4n) is 2.31. The third-order valence-electron chi connectivity index (χ3n) is 3.31. The van der Waals surface area contributed by atoms with Crippen molar-refractivity contribution in [3.8, 4) is 0 Å². The Balaban J connectivity index is 1.79. The lowest BCUT2D eigenvalue weighted by atomic mass is 9.91. The second-order valence-electron chi connectivity index (χ2n) is 4.47. The highest BCUT2D eigenvalue weighted by molar-refractivity contribution is 6.30. The molecule has 0 amide bonds. The van der Waals surface area contributed by atoms with Gasteiger partial charge in [-0.2, -0.15) is 0 Å². The second-order valence-corrected chi connectivity index (χ2v) is 4.91. The number of quaternary nitrogens is 1. The summed E-state index contributed by atoms with van der Waals surface area (Å²) in [5, 5.41) is 3.27. The number of rotatable bonds is 3. The Labute approximate surface area is 96.8 Å². The number of hydrogen-bond acceptors (Lipinski definition) is 0. The first-order valence-corrected chi connectivity index (χ1v) is 6.28. The Morgan fingerprint density at radius 1 is 1.13 bits per heavy atom. The van der Waals surface area contributed by atoms with E-state index in [1.54, 1.807) is 0 Å². The lowest BCUT2D eigenvalue weighted by Crippen LogP contribution is -2.86. The quantitative estimate of drug-likeness (QED) is 0.811. The molecule has 0 aliphatic carbocycles. The molecule has 15 heavy (non-hydrogen) atoms. The monoisotopic (exact) mass is 224 g/mol. The highest BCUT2D eigenvalue weighted by Crippen LogP contribution is 2.18. The minimum atomic E-state index is 0.839. The van der Waals surface area contributed by atoms with Gasteiger partial charge in [-0.1, -0.05) is 23.7 Å². The van der Waals surface area contributed by atoms with Crippen molar-refractivity contribution in [2.24, 2.45) is 5.92 Å². The first-order chi connectivity index (χ1) is 7.34. The lowest BCUT2D eigenvalue weighted by Gasteiger charge is -2.19. The van der Waals surface area contributed by atoms with Gasteiger partial charge in [-0.15, -0.1) is 0 Å². The molecule has 1 aromatic rings. The van der Waals surface area contributed by atoms with Crippen LogP contribution in [0, 0.1) is 5.92 Å². The largest absolute Gasteiger partial charge is 0.346 e. The molecule has 0 saturated carbocycles. The van der Waals surface area contributed by atoms with E-state index in [0.29, 0.717) is 0 Å². The molecule has 82 valence electrons. The Hall–Kier alpha value is -0.530. The Bertz CT molecular complexity index is 288. The maximum absolute atomic E-state index is 5.86. The SMILES string of the molecule is Clc1ccc(CCC2CC[NH2+]CC2)cc1. The highest BCUT2D eigenvalue weighted by atomic mass is 35.5. The van der Waals surface area contributed by atoms with Crippen molar-refractivity contribution < 1.29 is 5.32 Å². The van der Waals surface area contributed by atoms with Gasteiger partial charge in [0, 0.05) is 5.02 Å². The first-order valence-electron chi connectivity index (χ1n) is 5.91. The molecule has 2 N–H and O–H groups in total. The molecule has 0 bridgehead atoms. The molecule has 1 aromatic carbocycles. The smallest absolute Gasteiger partial charge is 0.0758 e. The fraction of sp³-hybridized carbons (Fsp3) is 0.538. The fourth-order valence-corrected chi connectivity index (χ4v) is 2.43. The van der Waals surface area contributed by atoms with E-state index in [4.69, 9.17) is 11.6 Å². The van der Waals surface area contributed by atoms with Crippen LogP contribution in [0.5, 0.6) is 0 Å². The van der Waals surface area contributed by atoms with Gasteiger partial charge in [0.1, 0.15) is 0 Å². The number of halogens is 1. The van der Waals surface area contributed by atoms with Gasteiger partial charge in [-0.3, -0.25) is 0 Å². The van der Waals surface area contributed by atoms with E-state index in [1.807, 2.05) is 12.1 Å². The van der Waals surface area contributed by atoms with E-state index in [1.165, 1.54) is 44.3 Å². The molecular formula is C13H19ClN+. The molecule has 1 fully saturated rings. The molecule has 0 radical (unpaired) electrons. The number of aryl methyl sites for hydroxylation is 1. The van der Waals surface area contributed by atoms with Crippen LogP contribution in [0.1, 0.15) is 24.8 Å². The Morgan fingerprint density at radius 3 is 2.47 bits per heavy atom. The summed E-state index contributed by atoms with van der Waals surface area (Å²) in [6.07, 6.45) is 5.35. The number of benzene rings is 1. The number of piperidine rings is 1. The van der Waals surface area contributed by atoms with Gasteiger partial charge in [0.25, 0.3) is 0 Å². The van der Waals surface area contributed by atoms with E-state index < -0.39 is 0 Å². The number of nitrogens with two attached hydrogens (primary N) is 1. The van der Waals surface area contributed by atoms with Crippen molar-refractivity contribution in [1.82, 2.24) is 0 Å². The van der Waals surface area contributed by atoms with Crippen LogP contribution in [0.4, 0.5) is 0 Å². The van der Waals surface area contributed by atoms with E-state index >= 15 is 0 Å². The zero-order valence-electron chi connectivity index (χ0n) is 9.08. The van der Waals surface area contributed by atoms with E-state index in [0.717, 1.165) is 10.9 Å². The summed E-state index contributed by atoms with van der Waals surface area (Å²) in [6.45, 7) is 2.65. The molecule has 1 saturated heterocycles. The van der Waals surface area contributed by atoms with Crippen molar-refractivity contribution >= 4 is 11.6 Å². The van der Waals surface area contributed by atoms with Gasteiger partial charge in [-0.05, 0) is 49.3 Å². The van der Waals surface area contributed by atoms with Gasteiger partial charge in [-0.25, -0.2) is 0 Å². The molecule has 0 spiro atoms. The predicted molar refractivity (Wildman–Crippen MR) is 64.2 cm³/mol. The van der Waals surface area contributed by atoms with E-state index in [-0.39, 0.29) is 0 Å². The molecule has 2 rings (SSSR count). The highest BCUT2D eigenvalue weighted by Gasteiger charge is 2.14. The van der Waals surface area contributed by atoms with Crippen LogP contribution in [-0.4, -0.2) is 13.1 Å². The molecule has 1 aliphatic rings. The average Bonchev–Trinajstić information content (AvgIpc) is 2.30. The van der Waals surface area contributed by atoms with Gasteiger partial charge < -0.3 is 5.32 Å². The lowest BCUT2D eigenvalue weighted by molar-refractivity contribution is -0.664. The second kappa shape index (κ2) is 5.53. The third-order valence-corrected chi connectivity index (χ3v) is 3.56. The molecule has 0 atom stereocenters. The van der Waals surface area contributed by atoms with Crippen LogP contribution < -0.4 is 5.32 Å². The summed E-state index contributed by atoms with van der Waals surface area (Å²) >= 11 is 5.86. The predicted octanol–water partition coefficient (Wildman–Crippen LogP) is 2.25. The third kappa shape index (κ3) is 3.51. The van der Waals surface area contributed by atoms with Crippen LogP contribution in [0.3, 0.4) is 0 Å². The zero-order valence-corrected chi connectivity index (χ0v) is 9.84. The number of hydrogen-bond donors (Lipinski definition) is 1. The van der Waals surface area contributed by atoms with Crippen LogP contribution in [0.2, 0.25) is 5.02 Å². The summed E-state index contributed by atoms with van der Waals surface area (Å²) < 4.78 is 0.